The number of benzene rings is 5. The third-order valence-corrected chi connectivity index (χ3v) is 21.0. The highest BCUT2D eigenvalue weighted by molar-refractivity contribution is 7.89. The van der Waals surface area contributed by atoms with Gasteiger partial charge < -0.3 is 48.6 Å². The molecule has 0 saturated carbocycles. The molecule has 4 saturated heterocycles. The summed E-state index contributed by atoms with van der Waals surface area (Å²) in [5.41, 5.74) is 3.12. The number of phenols is 1. The van der Waals surface area contributed by atoms with E-state index in [-0.39, 0.29) is 126 Å². The number of likely N-dealkylation sites (tertiary alicyclic amines) is 2. The number of aromatic nitrogens is 6. The first kappa shape index (κ1) is 63.9. The number of carbonyl (C=O) groups is 2. The van der Waals surface area contributed by atoms with Crippen molar-refractivity contribution in [3.63, 3.8) is 0 Å². The first-order valence-corrected chi connectivity index (χ1v) is 33.4. The highest BCUT2D eigenvalue weighted by atomic mass is 32.2. The number of hydrogen-bond donors (Lipinski definition) is 2. The number of piperazine rings is 1. The van der Waals surface area contributed by atoms with Crippen LogP contribution >= 0.6 is 0 Å². The lowest BCUT2D eigenvalue weighted by Gasteiger charge is -2.41. The molecular formula is C69H75F2N11O11S. The zero-order chi connectivity index (χ0) is 65.7. The third-order valence-electron chi connectivity index (χ3n) is 19.1. The van der Waals surface area contributed by atoms with Crippen LogP contribution in [-0.2, 0) is 42.7 Å². The predicted octanol–water partition coefficient (Wildman–Crippen LogP) is 8.34. The maximum Gasteiger partial charge on any atom is 0.319 e. The van der Waals surface area contributed by atoms with Gasteiger partial charge in [-0.25, -0.2) is 21.9 Å². The highest BCUT2D eigenvalue weighted by Gasteiger charge is 2.49. The van der Waals surface area contributed by atoms with Crippen molar-refractivity contribution in [2.45, 2.75) is 113 Å². The van der Waals surface area contributed by atoms with Crippen LogP contribution in [0, 0.1) is 30.9 Å². The van der Waals surface area contributed by atoms with E-state index < -0.39 is 39.2 Å². The fourth-order valence-electron chi connectivity index (χ4n) is 14.3. The number of aromatic hydroxyl groups is 1. The zero-order valence-corrected chi connectivity index (χ0v) is 54.2. The minimum Gasteiger partial charge on any atom is -0.508 e. The summed E-state index contributed by atoms with van der Waals surface area (Å²) >= 11 is 0. The number of likely N-dealkylation sites (N-methyl/N-ethyl adjacent to an activating group) is 1. The molecule has 8 heterocycles. The molecule has 5 atom stereocenters. The number of halogens is 2. The van der Waals surface area contributed by atoms with Crippen molar-refractivity contribution in [2.24, 2.45) is 7.05 Å². The molecular weight excluding hydrogens is 1230 g/mol. The summed E-state index contributed by atoms with van der Waals surface area (Å²) in [5.74, 6) is 1.30. The van der Waals surface area contributed by atoms with Crippen LogP contribution in [0.1, 0.15) is 92.5 Å². The van der Waals surface area contributed by atoms with Gasteiger partial charge in [0.15, 0.2) is 5.82 Å². The lowest BCUT2D eigenvalue weighted by atomic mass is 9.86. The molecule has 4 fully saturated rings. The standard InChI is InChI=1S/C69H75F2N11O11S/c1-8-51-55(70)17-13-43-28-48(83)31-53(61(43)51)63-62(71)64-54(34-72-63)66(81-37-46-14-15-47(38-81)73-46)75-68(74-64)92-39-69(21-10-22-78(69)5)67(85)80-23-19-49(20-24-80)90-25-26-91-50-16-18-59-57(32-50)93-41(4)35-82(94(59,86)87)36-45-27-42(12-11-40(45)3)52(33-60(84)89-9-2)44-29-56-65(58(30-44)88-7)79(6)77-76-56/h1,11-13,16-18,27-32,34,41,46-47,49,52,73,83H,9-10,14-15,19-26,33,35-39H2,2-7H3/t41-,46-,47+,52?,69-/m1/s1. The van der Waals surface area contributed by atoms with Crippen LogP contribution in [0.5, 0.6) is 29.0 Å². The van der Waals surface area contributed by atoms with Gasteiger partial charge in [-0.3, -0.25) is 19.5 Å². The van der Waals surface area contributed by atoms with Crippen LogP contribution in [0.2, 0.25) is 0 Å². The topological polar surface area (TPSA) is 238 Å². The van der Waals surface area contributed by atoms with E-state index in [9.17, 15) is 23.1 Å². The zero-order valence-electron chi connectivity index (χ0n) is 53.4. The summed E-state index contributed by atoms with van der Waals surface area (Å²) in [4.78, 5) is 48.2. The molecule has 5 aromatic carbocycles. The summed E-state index contributed by atoms with van der Waals surface area (Å²) < 4.78 is 101. The molecule has 1 amide bonds. The average Bonchev–Trinajstić information content (AvgIpc) is 0.851. The Balaban J connectivity index is 0.656. The van der Waals surface area contributed by atoms with Crippen LogP contribution in [0.3, 0.4) is 0 Å². The van der Waals surface area contributed by atoms with Crippen molar-refractivity contribution < 1.29 is 60.3 Å². The maximum atomic E-state index is 17.4. The highest BCUT2D eigenvalue weighted by Crippen LogP contribution is 2.42. The summed E-state index contributed by atoms with van der Waals surface area (Å²) in [6, 6.07) is 20.0. The molecule has 2 N–H and O–H groups in total. The quantitative estimate of drug-likeness (QED) is 0.0439. The monoisotopic (exact) mass is 1300 g/mol. The largest absolute Gasteiger partial charge is 0.508 e. The molecule has 492 valence electrons. The minimum absolute atomic E-state index is 0.00879. The van der Waals surface area contributed by atoms with E-state index in [0.717, 1.165) is 41.5 Å². The number of amides is 1. The van der Waals surface area contributed by atoms with Crippen molar-refractivity contribution in [1.82, 2.24) is 49.4 Å². The number of methoxy groups -OCH3 is 1. The van der Waals surface area contributed by atoms with Crippen molar-refractivity contribution in [2.75, 3.05) is 84.8 Å². The van der Waals surface area contributed by atoms with E-state index in [1.165, 1.54) is 40.8 Å². The Morgan fingerprint density at radius 1 is 0.936 bits per heavy atom. The number of rotatable bonds is 19. The summed E-state index contributed by atoms with van der Waals surface area (Å²) in [7, 11) is 1.15. The number of carbonyl (C=O) groups excluding carboxylic acids is 2. The number of anilines is 1. The van der Waals surface area contributed by atoms with Crippen LogP contribution in [0.25, 0.3) is 44.0 Å². The Labute approximate surface area is 543 Å². The molecule has 0 spiro atoms. The van der Waals surface area contributed by atoms with Gasteiger partial charge in [-0.05, 0) is 143 Å². The van der Waals surface area contributed by atoms with Gasteiger partial charge in [0.05, 0.1) is 50.3 Å². The number of esters is 1. The van der Waals surface area contributed by atoms with Gasteiger partial charge in [-0.2, -0.15) is 14.3 Å². The first-order valence-electron chi connectivity index (χ1n) is 31.9. The average molecular weight is 1300 g/mol. The fraction of sp³-hybridized carbons (Fsp3) is 0.435. The number of fused-ring (bicyclic) bond motifs is 6. The van der Waals surface area contributed by atoms with Gasteiger partial charge in [0.1, 0.15) is 86.6 Å². The number of hydrogen-bond acceptors (Lipinski definition) is 19. The van der Waals surface area contributed by atoms with Crippen molar-refractivity contribution in [3.8, 4) is 52.6 Å². The summed E-state index contributed by atoms with van der Waals surface area (Å²) in [6.45, 7) is 8.85. The van der Waals surface area contributed by atoms with E-state index in [1.807, 2.05) is 61.0 Å². The lowest BCUT2D eigenvalue weighted by molar-refractivity contribution is -0.147. The number of phenolic OH excluding ortho intramolecular Hbond substituents is 1. The van der Waals surface area contributed by atoms with Crippen molar-refractivity contribution >= 4 is 60.4 Å². The van der Waals surface area contributed by atoms with E-state index in [4.69, 9.17) is 39.8 Å². The first-order chi connectivity index (χ1) is 45.3. The molecule has 5 aliphatic heterocycles. The number of nitrogens with zero attached hydrogens (tertiary/aromatic N) is 10. The number of ether oxygens (including phenoxy) is 6. The number of aryl methyl sites for hydroxylation is 2. The number of sulfonamides is 1. The third kappa shape index (κ3) is 12.3. The second kappa shape index (κ2) is 26.2. The Bertz CT molecular complexity index is 4420. The molecule has 22 nitrogen and oxygen atoms in total. The van der Waals surface area contributed by atoms with E-state index in [2.05, 4.69) is 36.4 Å². The fourth-order valence-corrected chi connectivity index (χ4v) is 15.9. The van der Waals surface area contributed by atoms with Gasteiger partial charge in [0.25, 0.3) is 0 Å². The second-order valence-corrected chi connectivity index (χ2v) is 27.1. The SMILES string of the molecule is C#Cc1c(F)ccc2cc(O)cc(-c3ncc4c(N5C[C@H]6CC[C@@H](C5)N6)nc(OC[C@@]5(C(=O)N6CCC(OCCOc7ccc8c(c7)O[C@H](C)CN(Cc7cc(C(CC(=O)OCC)c9cc(OC)c%10c(c9)nnn%10C)ccc7C)S8(=O)=O)CC6)CCCN5C)nc4c3F)c12. The van der Waals surface area contributed by atoms with Crippen LogP contribution < -0.4 is 29.2 Å². The molecule has 5 aliphatic rings. The molecule has 25 heteroatoms. The molecule has 94 heavy (non-hydrogen) atoms. The van der Waals surface area contributed by atoms with Crippen LogP contribution in [0.15, 0.2) is 83.9 Å². The summed E-state index contributed by atoms with van der Waals surface area (Å²) in [6.07, 6.45) is 11.0. The van der Waals surface area contributed by atoms with Gasteiger partial charge in [0, 0.05) is 81.0 Å². The van der Waals surface area contributed by atoms with Gasteiger partial charge in [0.2, 0.25) is 15.9 Å². The van der Waals surface area contributed by atoms with Gasteiger partial charge >= 0.3 is 12.0 Å². The molecule has 8 aromatic rings. The summed E-state index contributed by atoms with van der Waals surface area (Å²) in [5, 5.41) is 23.9. The minimum atomic E-state index is -4.10. The Kier molecular flexibility index (Phi) is 17.8. The molecule has 3 aromatic heterocycles. The number of nitrogens with one attached hydrogen (secondary N) is 1. The van der Waals surface area contributed by atoms with E-state index in [0.29, 0.717) is 91.1 Å². The van der Waals surface area contributed by atoms with Gasteiger partial charge in [-0.1, -0.05) is 35.4 Å². The van der Waals surface area contributed by atoms with E-state index >= 15 is 8.78 Å². The molecule has 0 radical (unpaired) electrons. The molecule has 0 aliphatic carbocycles. The lowest BCUT2D eigenvalue weighted by Crippen LogP contribution is -2.60. The maximum absolute atomic E-state index is 17.4. The van der Waals surface area contributed by atoms with Crippen molar-refractivity contribution in [3.05, 3.63) is 118 Å². The molecule has 13 rings (SSSR count). The van der Waals surface area contributed by atoms with Crippen LogP contribution in [0.4, 0.5) is 14.6 Å². The van der Waals surface area contributed by atoms with Crippen LogP contribution in [-0.4, -0.2) is 179 Å². The second-order valence-electron chi connectivity index (χ2n) is 25.2. The predicted molar refractivity (Wildman–Crippen MR) is 347 cm³/mol. The number of terminal acetylenes is 1. The number of piperidine rings is 1. The Morgan fingerprint density at radius 3 is 2.48 bits per heavy atom. The Morgan fingerprint density at radius 2 is 1.73 bits per heavy atom. The molecule has 2 bridgehead atoms. The van der Waals surface area contributed by atoms with E-state index in [1.54, 1.807) is 37.9 Å². The smallest absolute Gasteiger partial charge is 0.319 e. The number of pyridine rings is 1. The molecule has 1 unspecified atom stereocenters. The Hall–Kier alpha value is -8.80. The normalized spacial score (nSPS) is 21.0. The van der Waals surface area contributed by atoms with Crippen molar-refractivity contribution in [1.29, 1.82) is 0 Å². The van der Waals surface area contributed by atoms with Gasteiger partial charge in [-0.15, -0.1) is 11.5 Å².